The third kappa shape index (κ3) is 5.71. The van der Waals surface area contributed by atoms with Crippen LogP contribution in [-0.2, 0) is 9.05 Å². The van der Waals surface area contributed by atoms with Gasteiger partial charge < -0.3 is 0 Å². The molecule has 0 aromatic carbocycles. The molecule has 2 heterocycles. The second kappa shape index (κ2) is 6.53. The largest absolute Gasteiger partial charge is 0.278 e. The topological polar surface area (TPSA) is 59.9 Å². The highest BCUT2D eigenvalue weighted by atomic mass is 35.7. The fraction of sp³-hybridized carbons (Fsp3) is 0.0909. The zero-order valence-electron chi connectivity index (χ0n) is 9.72. The number of halogens is 3. The first-order chi connectivity index (χ1) is 8.79. The number of hydrogen-bond acceptors (Lipinski definition) is 4. The van der Waals surface area contributed by atoms with Crippen LogP contribution in [-0.4, -0.2) is 18.4 Å². The van der Waals surface area contributed by atoms with Crippen molar-refractivity contribution in [2.24, 2.45) is 0 Å². The molecule has 0 bridgehead atoms. The molecule has 4 nitrogen and oxygen atoms in total. The third-order valence-corrected chi connectivity index (χ3v) is 2.99. The van der Waals surface area contributed by atoms with Crippen LogP contribution in [0, 0.1) is 18.8 Å². The van der Waals surface area contributed by atoms with Gasteiger partial charge in [0.25, 0.3) is 9.05 Å². The van der Waals surface area contributed by atoms with Crippen LogP contribution in [0.2, 0.25) is 0 Å². The van der Waals surface area contributed by atoms with Crippen LogP contribution >= 0.6 is 10.7 Å². The van der Waals surface area contributed by atoms with E-state index in [1.807, 2.05) is 0 Å². The molecule has 0 spiro atoms. The van der Waals surface area contributed by atoms with E-state index in [2.05, 4.69) is 9.97 Å². The van der Waals surface area contributed by atoms with Crippen LogP contribution in [0.15, 0.2) is 41.4 Å². The zero-order valence-corrected chi connectivity index (χ0v) is 11.3. The minimum Gasteiger partial charge on any atom is -0.225 e. The van der Waals surface area contributed by atoms with E-state index in [1.165, 1.54) is 12.1 Å². The first kappa shape index (κ1) is 15.5. The molecule has 0 radical (unpaired) electrons. The van der Waals surface area contributed by atoms with Crippen LogP contribution in [0.1, 0.15) is 5.69 Å². The average molecular weight is 307 g/mol. The Kier molecular flexibility index (Phi) is 5.31. The Hall–Kier alpha value is -1.60. The van der Waals surface area contributed by atoms with E-state index >= 15 is 0 Å². The number of pyridine rings is 2. The van der Waals surface area contributed by atoms with Crippen molar-refractivity contribution in [2.75, 3.05) is 0 Å². The van der Waals surface area contributed by atoms with Crippen molar-refractivity contribution < 1.29 is 17.2 Å². The number of rotatable bonds is 1. The molecule has 2 rings (SSSR count). The summed E-state index contributed by atoms with van der Waals surface area (Å²) in [5.41, 5.74) is 0.713. The van der Waals surface area contributed by atoms with Crippen molar-refractivity contribution in [2.45, 2.75) is 11.9 Å². The molecule has 0 saturated heterocycles. The highest BCUT2D eigenvalue weighted by Gasteiger charge is 2.11. The summed E-state index contributed by atoms with van der Waals surface area (Å²) in [6.45, 7) is 1.75. The molecule has 0 aliphatic heterocycles. The van der Waals surface area contributed by atoms with Crippen molar-refractivity contribution in [1.82, 2.24) is 9.97 Å². The van der Waals surface area contributed by atoms with Gasteiger partial charge in [0.2, 0.25) is 11.9 Å². The summed E-state index contributed by atoms with van der Waals surface area (Å²) in [6, 6.07) is 8.09. The summed E-state index contributed by atoms with van der Waals surface area (Å²) in [7, 11) is 0.969. The number of nitrogens with zero attached hydrogens (tertiary/aromatic N) is 2. The first-order valence-corrected chi connectivity index (χ1v) is 7.26. The normalized spacial score (nSPS) is 10.5. The van der Waals surface area contributed by atoms with Gasteiger partial charge in [0, 0.05) is 16.4 Å². The summed E-state index contributed by atoms with van der Waals surface area (Å²) in [5.74, 6) is -1.28. The van der Waals surface area contributed by atoms with E-state index in [9.17, 15) is 17.2 Å². The summed E-state index contributed by atoms with van der Waals surface area (Å²) >= 11 is 0. The monoisotopic (exact) mass is 306 g/mol. The first-order valence-electron chi connectivity index (χ1n) is 4.95. The van der Waals surface area contributed by atoms with Gasteiger partial charge in [0.05, 0.1) is 0 Å². The highest BCUT2D eigenvalue weighted by molar-refractivity contribution is 8.13. The van der Waals surface area contributed by atoms with E-state index in [0.717, 1.165) is 12.1 Å². The third-order valence-electron chi connectivity index (χ3n) is 1.79. The van der Waals surface area contributed by atoms with Crippen molar-refractivity contribution in [3.05, 3.63) is 54.0 Å². The van der Waals surface area contributed by atoms with Crippen LogP contribution < -0.4 is 0 Å². The summed E-state index contributed by atoms with van der Waals surface area (Å²) in [4.78, 5) is 6.56. The predicted octanol–water partition coefficient (Wildman–Crippen LogP) is 2.68. The van der Waals surface area contributed by atoms with Crippen molar-refractivity contribution >= 4 is 19.7 Å². The number of aromatic nitrogens is 2. The molecule has 0 aliphatic carbocycles. The minimum absolute atomic E-state index is 0.412. The lowest BCUT2D eigenvalue weighted by Crippen LogP contribution is -1.95. The van der Waals surface area contributed by atoms with E-state index in [4.69, 9.17) is 10.7 Å². The van der Waals surface area contributed by atoms with Crippen molar-refractivity contribution in [3.8, 4) is 0 Å². The highest BCUT2D eigenvalue weighted by Crippen LogP contribution is 2.10. The predicted molar refractivity (Wildman–Crippen MR) is 66.2 cm³/mol. The lowest BCUT2D eigenvalue weighted by molar-refractivity contribution is 0.561. The second-order valence-electron chi connectivity index (χ2n) is 3.34. The van der Waals surface area contributed by atoms with Gasteiger partial charge in [-0.25, -0.2) is 18.4 Å². The molecule has 0 atom stereocenters. The van der Waals surface area contributed by atoms with Crippen LogP contribution in [0.25, 0.3) is 0 Å². The lowest BCUT2D eigenvalue weighted by Gasteiger charge is -1.92. The Morgan fingerprint density at radius 1 is 1.00 bits per heavy atom. The van der Waals surface area contributed by atoms with Gasteiger partial charge in [-0.3, -0.25) is 0 Å². The van der Waals surface area contributed by atoms with E-state index in [-0.39, 0.29) is 0 Å². The Bertz CT molecular complexity index is 648. The smallest absolute Gasteiger partial charge is 0.225 e. The standard InChI is InChI=1S/C6H6FN.C5H3ClFNO2S/c1-5-3-2-4-6(7)8-5;6-11(9,10)5-3-1-2-4(7)8-5/h2-4H,1H3;1-3H. The van der Waals surface area contributed by atoms with E-state index < -0.39 is 26.0 Å². The fourth-order valence-electron chi connectivity index (χ4n) is 1.04. The van der Waals surface area contributed by atoms with Crippen LogP contribution in [0.5, 0.6) is 0 Å². The molecule has 0 N–H and O–H groups in total. The number of hydrogen-bond donors (Lipinski definition) is 0. The van der Waals surface area contributed by atoms with E-state index in [0.29, 0.717) is 5.69 Å². The minimum atomic E-state index is -3.90. The molecule has 0 unspecified atom stereocenters. The van der Waals surface area contributed by atoms with E-state index in [1.54, 1.807) is 19.1 Å². The fourth-order valence-corrected chi connectivity index (χ4v) is 1.73. The van der Waals surface area contributed by atoms with Crippen LogP contribution in [0.4, 0.5) is 8.78 Å². The molecule has 8 heteroatoms. The molecule has 102 valence electrons. The van der Waals surface area contributed by atoms with Crippen molar-refractivity contribution in [3.63, 3.8) is 0 Å². The van der Waals surface area contributed by atoms with Crippen LogP contribution in [0.3, 0.4) is 0 Å². The molecule has 0 fully saturated rings. The Balaban J connectivity index is 0.000000200. The summed E-state index contributed by atoms with van der Waals surface area (Å²) < 4.78 is 45.4. The molecule has 19 heavy (non-hydrogen) atoms. The number of aryl methyl sites for hydroxylation is 1. The summed E-state index contributed by atoms with van der Waals surface area (Å²) in [5, 5.41) is -0.473. The quantitative estimate of drug-likeness (QED) is 0.600. The molecule has 0 amide bonds. The molecule has 0 aliphatic rings. The van der Waals surface area contributed by atoms with Gasteiger partial charge in [0.1, 0.15) is 0 Å². The summed E-state index contributed by atoms with van der Waals surface area (Å²) in [6.07, 6.45) is 0. The Morgan fingerprint density at radius 2 is 1.53 bits per heavy atom. The van der Waals surface area contributed by atoms with Gasteiger partial charge in [-0.2, -0.15) is 8.78 Å². The van der Waals surface area contributed by atoms with Gasteiger partial charge in [0.15, 0.2) is 5.03 Å². The average Bonchev–Trinajstić information content (AvgIpc) is 2.28. The lowest BCUT2D eigenvalue weighted by atomic mass is 10.4. The van der Waals surface area contributed by atoms with Gasteiger partial charge >= 0.3 is 0 Å². The maximum absolute atomic E-state index is 12.3. The maximum Gasteiger partial charge on any atom is 0.278 e. The molecule has 0 saturated carbocycles. The van der Waals surface area contributed by atoms with Gasteiger partial charge in [-0.05, 0) is 31.2 Å². The Morgan fingerprint density at radius 3 is 1.84 bits per heavy atom. The Labute approximate surface area is 113 Å². The van der Waals surface area contributed by atoms with Gasteiger partial charge in [-0.1, -0.05) is 12.1 Å². The molecule has 2 aromatic rings. The molecular weight excluding hydrogens is 298 g/mol. The SMILES string of the molecule is Cc1cccc(F)n1.O=S(=O)(Cl)c1cccc(F)n1. The molecule has 2 aromatic heterocycles. The molecular formula is C11H9ClF2N2O2S. The van der Waals surface area contributed by atoms with Crippen molar-refractivity contribution in [1.29, 1.82) is 0 Å². The zero-order chi connectivity index (χ0) is 14.5. The maximum atomic E-state index is 12.3. The van der Waals surface area contributed by atoms with Gasteiger partial charge in [-0.15, -0.1) is 0 Å². The second-order valence-corrected chi connectivity index (χ2v) is 5.85.